The third-order valence-corrected chi connectivity index (χ3v) is 5.85. The summed E-state index contributed by atoms with van der Waals surface area (Å²) >= 11 is 1.77. The highest BCUT2D eigenvalue weighted by atomic mass is 35.5. The van der Waals surface area contributed by atoms with Crippen LogP contribution < -0.4 is 5.32 Å². The van der Waals surface area contributed by atoms with Crippen LogP contribution in [0.5, 0.6) is 0 Å². The van der Waals surface area contributed by atoms with Gasteiger partial charge in [0.25, 0.3) is 0 Å². The van der Waals surface area contributed by atoms with Crippen molar-refractivity contribution in [1.29, 1.82) is 0 Å². The van der Waals surface area contributed by atoms with E-state index in [1.54, 1.807) is 11.8 Å². The van der Waals surface area contributed by atoms with E-state index in [2.05, 4.69) is 22.3 Å². The molecule has 1 aromatic rings. The van der Waals surface area contributed by atoms with Gasteiger partial charge < -0.3 is 10.2 Å². The molecule has 0 bridgehead atoms. The van der Waals surface area contributed by atoms with Crippen LogP contribution in [0.15, 0.2) is 35.2 Å². The van der Waals surface area contributed by atoms with Crippen LogP contribution in [0.3, 0.4) is 0 Å². The number of carbonyl (C=O) groups is 1. The van der Waals surface area contributed by atoms with Gasteiger partial charge in [-0.05, 0) is 43.4 Å². The van der Waals surface area contributed by atoms with E-state index in [4.69, 9.17) is 0 Å². The lowest BCUT2D eigenvalue weighted by Gasteiger charge is -2.39. The molecule has 2 fully saturated rings. The van der Waals surface area contributed by atoms with Gasteiger partial charge in [-0.1, -0.05) is 18.2 Å². The van der Waals surface area contributed by atoms with Crippen LogP contribution in [-0.2, 0) is 4.79 Å². The molecular weight excluding hydrogens is 316 g/mol. The smallest absolute Gasteiger partial charge is 0.223 e. The lowest BCUT2D eigenvalue weighted by Crippen LogP contribution is -2.44. The Morgan fingerprint density at radius 3 is 2.55 bits per heavy atom. The fraction of sp³-hybridized carbons (Fsp3) is 0.588. The first-order chi connectivity index (χ1) is 10.3. The molecule has 0 radical (unpaired) electrons. The molecule has 0 unspecified atom stereocenters. The number of halogens is 1. The fourth-order valence-corrected chi connectivity index (χ4v) is 4.25. The summed E-state index contributed by atoms with van der Waals surface area (Å²) in [4.78, 5) is 15.6. The highest BCUT2D eigenvalue weighted by molar-refractivity contribution is 7.99. The van der Waals surface area contributed by atoms with E-state index in [0.717, 1.165) is 31.9 Å². The lowest BCUT2D eigenvalue weighted by atomic mass is 9.78. The Kier molecular flexibility index (Phi) is 6.60. The molecule has 22 heavy (non-hydrogen) atoms. The van der Waals surface area contributed by atoms with E-state index < -0.39 is 0 Å². The molecule has 2 aliphatic rings. The zero-order valence-electron chi connectivity index (χ0n) is 12.9. The summed E-state index contributed by atoms with van der Waals surface area (Å²) in [6, 6.07) is 10.3. The Labute approximate surface area is 143 Å². The number of thioether (sulfide) groups is 1. The van der Waals surface area contributed by atoms with Crippen molar-refractivity contribution in [2.75, 3.05) is 31.9 Å². The number of carbonyl (C=O) groups excluding carboxylic acids is 1. The average Bonchev–Trinajstić information content (AvgIpc) is 2.97. The minimum absolute atomic E-state index is 0. The molecule has 122 valence electrons. The topological polar surface area (TPSA) is 32.3 Å². The lowest BCUT2D eigenvalue weighted by molar-refractivity contribution is -0.132. The Bertz CT molecular complexity index is 467. The van der Waals surface area contributed by atoms with Gasteiger partial charge in [-0.3, -0.25) is 4.79 Å². The third-order valence-electron chi connectivity index (χ3n) is 4.84. The number of piperidine rings is 1. The van der Waals surface area contributed by atoms with E-state index >= 15 is 0 Å². The molecule has 2 aliphatic heterocycles. The van der Waals surface area contributed by atoms with Crippen LogP contribution in [-0.4, -0.2) is 42.7 Å². The molecule has 5 heteroatoms. The highest BCUT2D eigenvalue weighted by Gasteiger charge is 2.37. The first-order valence-electron chi connectivity index (χ1n) is 7.94. The van der Waals surface area contributed by atoms with Crippen LogP contribution in [0.25, 0.3) is 0 Å². The standard InChI is InChI=1S/C17H24N2OS.ClH/c20-16(6-13-21-15-4-2-1-3-5-15)19-11-8-17(9-12-19)7-10-18-14-17;/h1-5,18H,6-14H2;1H. The highest BCUT2D eigenvalue weighted by Crippen LogP contribution is 2.37. The maximum atomic E-state index is 12.3. The second-order valence-electron chi connectivity index (χ2n) is 6.22. The van der Waals surface area contributed by atoms with Gasteiger partial charge in [0.2, 0.25) is 5.91 Å². The summed E-state index contributed by atoms with van der Waals surface area (Å²) in [5.74, 6) is 1.21. The fourth-order valence-electron chi connectivity index (χ4n) is 3.38. The monoisotopic (exact) mass is 340 g/mol. The van der Waals surface area contributed by atoms with Gasteiger partial charge in [0.1, 0.15) is 0 Å². The number of nitrogens with one attached hydrogen (secondary N) is 1. The summed E-state index contributed by atoms with van der Waals surface area (Å²) in [7, 11) is 0. The predicted octanol–water partition coefficient (Wildman–Crippen LogP) is 3.19. The van der Waals surface area contributed by atoms with Gasteiger partial charge in [-0.25, -0.2) is 0 Å². The van der Waals surface area contributed by atoms with Crippen LogP contribution in [0.4, 0.5) is 0 Å². The molecule has 0 saturated carbocycles. The molecule has 1 amide bonds. The van der Waals surface area contributed by atoms with E-state index in [0.29, 0.717) is 17.7 Å². The number of likely N-dealkylation sites (tertiary alicyclic amines) is 1. The Hall–Kier alpha value is -0.710. The zero-order chi connectivity index (χ0) is 14.5. The molecule has 3 nitrogen and oxygen atoms in total. The van der Waals surface area contributed by atoms with E-state index in [-0.39, 0.29) is 12.4 Å². The number of hydrogen-bond acceptors (Lipinski definition) is 3. The zero-order valence-corrected chi connectivity index (χ0v) is 14.6. The molecule has 0 atom stereocenters. The Balaban J connectivity index is 0.00000176. The van der Waals surface area contributed by atoms with Crippen molar-refractivity contribution < 1.29 is 4.79 Å². The van der Waals surface area contributed by atoms with Crippen LogP contribution >= 0.6 is 24.2 Å². The normalized spacial score (nSPS) is 19.9. The van der Waals surface area contributed by atoms with E-state index in [1.807, 2.05) is 18.2 Å². The molecule has 3 rings (SSSR count). The van der Waals surface area contributed by atoms with Gasteiger partial charge in [0.05, 0.1) is 0 Å². The summed E-state index contributed by atoms with van der Waals surface area (Å²) in [5, 5.41) is 3.47. The van der Waals surface area contributed by atoms with Gasteiger partial charge >= 0.3 is 0 Å². The van der Waals surface area contributed by atoms with Crippen molar-refractivity contribution >= 4 is 30.1 Å². The molecule has 1 aromatic carbocycles. The SMILES string of the molecule is Cl.O=C(CCSc1ccccc1)N1CCC2(CCNC2)CC1. The quantitative estimate of drug-likeness (QED) is 0.854. The van der Waals surface area contributed by atoms with Crippen LogP contribution in [0, 0.1) is 5.41 Å². The first-order valence-corrected chi connectivity index (χ1v) is 8.92. The minimum atomic E-state index is 0. The van der Waals surface area contributed by atoms with Gasteiger partial charge in [0.15, 0.2) is 0 Å². The predicted molar refractivity (Wildman–Crippen MR) is 94.8 cm³/mol. The molecule has 0 aliphatic carbocycles. The molecular formula is C17H25ClN2OS. The summed E-state index contributed by atoms with van der Waals surface area (Å²) in [5.41, 5.74) is 0.496. The largest absolute Gasteiger partial charge is 0.343 e. The van der Waals surface area contributed by atoms with Crippen molar-refractivity contribution in [1.82, 2.24) is 10.2 Å². The summed E-state index contributed by atoms with van der Waals surface area (Å²) in [6.07, 6.45) is 4.30. The number of amides is 1. The minimum Gasteiger partial charge on any atom is -0.343 e. The van der Waals surface area contributed by atoms with Crippen LogP contribution in [0.2, 0.25) is 0 Å². The van der Waals surface area contributed by atoms with Gasteiger partial charge in [-0.2, -0.15) is 0 Å². The second kappa shape index (κ2) is 8.23. The van der Waals surface area contributed by atoms with E-state index in [9.17, 15) is 4.79 Å². The molecule has 1 spiro atoms. The molecule has 2 saturated heterocycles. The summed E-state index contributed by atoms with van der Waals surface area (Å²) in [6.45, 7) is 4.22. The number of rotatable bonds is 4. The number of benzene rings is 1. The molecule has 0 aromatic heterocycles. The molecule has 1 N–H and O–H groups in total. The van der Waals surface area contributed by atoms with Crippen molar-refractivity contribution in [2.45, 2.75) is 30.6 Å². The third kappa shape index (κ3) is 4.40. The van der Waals surface area contributed by atoms with Crippen molar-refractivity contribution in [3.8, 4) is 0 Å². The van der Waals surface area contributed by atoms with E-state index in [1.165, 1.54) is 24.2 Å². The van der Waals surface area contributed by atoms with Crippen LogP contribution in [0.1, 0.15) is 25.7 Å². The van der Waals surface area contributed by atoms with Gasteiger partial charge in [-0.15, -0.1) is 24.2 Å². The Morgan fingerprint density at radius 1 is 1.18 bits per heavy atom. The van der Waals surface area contributed by atoms with Gasteiger partial charge in [0, 0.05) is 36.7 Å². The van der Waals surface area contributed by atoms with Crippen molar-refractivity contribution in [2.24, 2.45) is 5.41 Å². The number of hydrogen-bond donors (Lipinski definition) is 1. The maximum Gasteiger partial charge on any atom is 0.223 e. The summed E-state index contributed by atoms with van der Waals surface area (Å²) < 4.78 is 0. The first kappa shape index (κ1) is 17.6. The number of nitrogens with zero attached hydrogens (tertiary/aromatic N) is 1. The second-order valence-corrected chi connectivity index (χ2v) is 7.39. The maximum absolute atomic E-state index is 12.3. The van der Waals surface area contributed by atoms with Crippen molar-refractivity contribution in [3.05, 3.63) is 30.3 Å². The Morgan fingerprint density at radius 2 is 1.91 bits per heavy atom. The average molecular weight is 341 g/mol. The molecule has 2 heterocycles. The van der Waals surface area contributed by atoms with Crippen molar-refractivity contribution in [3.63, 3.8) is 0 Å².